The molecule has 4 atom stereocenters. The molecule has 0 amide bonds. The maximum atomic E-state index is 9.23. The average Bonchev–Trinajstić information content (AvgIpc) is 3.06. The minimum atomic E-state index is 0.261. The summed E-state index contributed by atoms with van der Waals surface area (Å²) in [6, 6.07) is 13.8. The molecule has 0 radical (unpaired) electrons. The van der Waals surface area contributed by atoms with Gasteiger partial charge >= 0.3 is 0 Å². The summed E-state index contributed by atoms with van der Waals surface area (Å²) >= 11 is 0. The van der Waals surface area contributed by atoms with Gasteiger partial charge in [-0.25, -0.2) is 0 Å². The molecule has 4 unspecified atom stereocenters. The molecule has 0 bridgehead atoms. The average molecular weight is 269 g/mol. The van der Waals surface area contributed by atoms with E-state index in [0.29, 0.717) is 12.5 Å². The van der Waals surface area contributed by atoms with Crippen molar-refractivity contribution >= 4 is 0 Å². The monoisotopic (exact) mass is 269 g/mol. The Morgan fingerprint density at radius 2 is 2.15 bits per heavy atom. The Kier molecular flexibility index (Phi) is 4.05. The van der Waals surface area contributed by atoms with Gasteiger partial charge in [0.25, 0.3) is 0 Å². The van der Waals surface area contributed by atoms with Crippen molar-refractivity contribution in [3.63, 3.8) is 0 Å². The molecule has 1 aromatic carbocycles. The molecule has 106 valence electrons. The molecule has 2 fully saturated rings. The van der Waals surface area contributed by atoms with Crippen molar-refractivity contribution in [3.8, 4) is 6.07 Å². The van der Waals surface area contributed by atoms with Crippen LogP contribution in [0.5, 0.6) is 0 Å². The van der Waals surface area contributed by atoms with Crippen molar-refractivity contribution in [2.75, 3.05) is 19.6 Å². The van der Waals surface area contributed by atoms with Crippen LogP contribution in [-0.2, 0) is 0 Å². The van der Waals surface area contributed by atoms with Crippen LogP contribution in [0.2, 0.25) is 0 Å². The van der Waals surface area contributed by atoms with Gasteiger partial charge in [0.1, 0.15) is 0 Å². The first-order valence-electron chi connectivity index (χ1n) is 7.73. The standard InChI is InChI=1S/C17H23N3/c1-2-16-15-11-19-10-14(15)12-20(16)17(8-9-18)13-6-4-3-5-7-13/h3-7,14-17,19H,2,8,10-12H2,1H3. The lowest BCUT2D eigenvalue weighted by Crippen LogP contribution is -2.37. The number of benzene rings is 1. The molecule has 0 saturated carbocycles. The van der Waals surface area contributed by atoms with Crippen LogP contribution in [0.3, 0.4) is 0 Å². The van der Waals surface area contributed by atoms with E-state index in [1.807, 2.05) is 6.07 Å². The lowest BCUT2D eigenvalue weighted by Gasteiger charge is -2.33. The van der Waals surface area contributed by atoms with Crippen molar-refractivity contribution in [2.24, 2.45) is 11.8 Å². The molecule has 0 aromatic heterocycles. The van der Waals surface area contributed by atoms with Crippen LogP contribution in [0.4, 0.5) is 0 Å². The fourth-order valence-electron chi connectivity index (χ4n) is 4.14. The van der Waals surface area contributed by atoms with Gasteiger partial charge in [-0.3, -0.25) is 4.90 Å². The van der Waals surface area contributed by atoms with Crippen molar-refractivity contribution in [1.82, 2.24) is 10.2 Å². The Bertz CT molecular complexity index is 479. The summed E-state index contributed by atoms with van der Waals surface area (Å²) < 4.78 is 0. The molecule has 2 heterocycles. The Labute approximate surface area is 121 Å². The zero-order chi connectivity index (χ0) is 13.9. The second kappa shape index (κ2) is 5.95. The fourth-order valence-corrected chi connectivity index (χ4v) is 4.14. The fraction of sp³-hybridized carbons (Fsp3) is 0.588. The molecule has 1 N–H and O–H groups in total. The maximum absolute atomic E-state index is 9.23. The summed E-state index contributed by atoms with van der Waals surface area (Å²) in [6.07, 6.45) is 1.77. The lowest BCUT2D eigenvalue weighted by molar-refractivity contribution is 0.156. The van der Waals surface area contributed by atoms with Crippen molar-refractivity contribution in [3.05, 3.63) is 35.9 Å². The van der Waals surface area contributed by atoms with Crippen molar-refractivity contribution in [2.45, 2.75) is 31.8 Å². The first-order valence-corrected chi connectivity index (χ1v) is 7.73. The van der Waals surface area contributed by atoms with Crippen LogP contribution in [0.1, 0.15) is 31.4 Å². The highest BCUT2D eigenvalue weighted by Crippen LogP contribution is 2.40. The Morgan fingerprint density at radius 1 is 1.35 bits per heavy atom. The topological polar surface area (TPSA) is 39.1 Å². The summed E-state index contributed by atoms with van der Waals surface area (Å²) in [5, 5.41) is 12.8. The first kappa shape index (κ1) is 13.6. The van der Waals surface area contributed by atoms with E-state index in [4.69, 9.17) is 0 Å². The van der Waals surface area contributed by atoms with Crippen LogP contribution in [0, 0.1) is 23.2 Å². The number of fused-ring (bicyclic) bond motifs is 1. The van der Waals surface area contributed by atoms with Crippen LogP contribution in [0.25, 0.3) is 0 Å². The van der Waals surface area contributed by atoms with Gasteiger partial charge in [-0.05, 0) is 36.9 Å². The molecular formula is C17H23N3. The quantitative estimate of drug-likeness (QED) is 0.913. The van der Waals surface area contributed by atoms with E-state index in [0.717, 1.165) is 31.5 Å². The highest BCUT2D eigenvalue weighted by Gasteiger charge is 2.45. The predicted octanol–water partition coefficient (Wildman–Crippen LogP) is 2.57. The third-order valence-electron chi connectivity index (χ3n) is 5.05. The van der Waals surface area contributed by atoms with E-state index in [2.05, 4.69) is 47.5 Å². The molecule has 3 nitrogen and oxygen atoms in total. The van der Waals surface area contributed by atoms with E-state index in [-0.39, 0.29) is 6.04 Å². The van der Waals surface area contributed by atoms with E-state index in [9.17, 15) is 5.26 Å². The Morgan fingerprint density at radius 3 is 2.85 bits per heavy atom. The minimum Gasteiger partial charge on any atom is -0.316 e. The number of rotatable bonds is 4. The predicted molar refractivity (Wildman–Crippen MR) is 80.0 cm³/mol. The molecular weight excluding hydrogens is 246 g/mol. The number of nitrogens with one attached hydrogen (secondary N) is 1. The van der Waals surface area contributed by atoms with E-state index in [1.54, 1.807) is 0 Å². The normalized spacial score (nSPS) is 30.9. The van der Waals surface area contributed by atoms with E-state index >= 15 is 0 Å². The third-order valence-corrected chi connectivity index (χ3v) is 5.05. The SMILES string of the molecule is CCC1C2CNCC2CN1C(CC#N)c1ccccc1. The van der Waals surface area contributed by atoms with E-state index < -0.39 is 0 Å². The number of hydrogen-bond donors (Lipinski definition) is 1. The van der Waals surface area contributed by atoms with Gasteiger partial charge in [0.2, 0.25) is 0 Å². The maximum Gasteiger partial charge on any atom is 0.0641 e. The van der Waals surface area contributed by atoms with Crippen LogP contribution < -0.4 is 5.32 Å². The van der Waals surface area contributed by atoms with Crippen LogP contribution in [0.15, 0.2) is 30.3 Å². The largest absolute Gasteiger partial charge is 0.316 e. The molecule has 2 aliphatic rings. The first-order chi connectivity index (χ1) is 9.85. The highest BCUT2D eigenvalue weighted by atomic mass is 15.2. The van der Waals surface area contributed by atoms with Gasteiger partial charge < -0.3 is 5.32 Å². The van der Waals surface area contributed by atoms with Gasteiger partial charge in [-0.1, -0.05) is 37.3 Å². The van der Waals surface area contributed by atoms with Gasteiger partial charge in [-0.2, -0.15) is 5.26 Å². The minimum absolute atomic E-state index is 0.261. The molecule has 0 spiro atoms. The number of hydrogen-bond acceptors (Lipinski definition) is 3. The van der Waals surface area contributed by atoms with E-state index in [1.165, 1.54) is 12.0 Å². The highest BCUT2D eigenvalue weighted by molar-refractivity contribution is 5.21. The molecule has 2 aliphatic heterocycles. The molecule has 3 heteroatoms. The Hall–Kier alpha value is -1.37. The molecule has 1 aromatic rings. The lowest BCUT2D eigenvalue weighted by atomic mass is 9.92. The van der Waals surface area contributed by atoms with Gasteiger partial charge in [0, 0.05) is 18.6 Å². The molecule has 20 heavy (non-hydrogen) atoms. The summed E-state index contributed by atoms with van der Waals surface area (Å²) in [5.74, 6) is 1.54. The molecule has 2 saturated heterocycles. The van der Waals surface area contributed by atoms with Crippen molar-refractivity contribution in [1.29, 1.82) is 5.26 Å². The number of likely N-dealkylation sites (tertiary alicyclic amines) is 1. The molecule has 0 aliphatic carbocycles. The third kappa shape index (κ3) is 2.34. The second-order valence-corrected chi connectivity index (χ2v) is 6.04. The summed E-state index contributed by atoms with van der Waals surface area (Å²) in [7, 11) is 0. The zero-order valence-electron chi connectivity index (χ0n) is 12.1. The number of nitriles is 1. The van der Waals surface area contributed by atoms with Gasteiger partial charge in [0.05, 0.1) is 12.5 Å². The van der Waals surface area contributed by atoms with Crippen LogP contribution in [-0.4, -0.2) is 30.6 Å². The summed E-state index contributed by atoms with van der Waals surface area (Å²) in [4.78, 5) is 2.61. The number of nitrogens with zero attached hydrogens (tertiary/aromatic N) is 2. The second-order valence-electron chi connectivity index (χ2n) is 6.04. The summed E-state index contributed by atoms with van der Waals surface area (Å²) in [5.41, 5.74) is 1.29. The molecule has 3 rings (SSSR count). The van der Waals surface area contributed by atoms with Gasteiger partial charge in [-0.15, -0.1) is 0 Å². The van der Waals surface area contributed by atoms with Crippen molar-refractivity contribution < 1.29 is 0 Å². The van der Waals surface area contributed by atoms with Gasteiger partial charge in [0.15, 0.2) is 0 Å². The Balaban J connectivity index is 1.86. The zero-order valence-corrected chi connectivity index (χ0v) is 12.1. The van der Waals surface area contributed by atoms with Crippen LogP contribution >= 0.6 is 0 Å². The smallest absolute Gasteiger partial charge is 0.0641 e. The summed E-state index contributed by atoms with van der Waals surface area (Å²) in [6.45, 7) is 5.71.